The highest BCUT2D eigenvalue weighted by Gasteiger charge is 2.37. The molecule has 1 amide bonds. The third-order valence-electron chi connectivity index (χ3n) is 7.64. The first kappa shape index (κ1) is 25.7. The van der Waals surface area contributed by atoms with Crippen LogP contribution in [0.3, 0.4) is 0 Å². The Morgan fingerprint density at radius 3 is 2.16 bits per heavy atom. The van der Waals surface area contributed by atoms with Gasteiger partial charge >= 0.3 is 0 Å². The highest BCUT2D eigenvalue weighted by molar-refractivity contribution is 6.10. The van der Waals surface area contributed by atoms with Crippen molar-refractivity contribution in [2.24, 2.45) is 0 Å². The van der Waals surface area contributed by atoms with Gasteiger partial charge in [-0.15, -0.1) is 0 Å². The average molecular weight is 506 g/mol. The summed E-state index contributed by atoms with van der Waals surface area (Å²) in [5.41, 5.74) is 11.1. The maximum Gasteiger partial charge on any atom is 0.279 e. The maximum absolute atomic E-state index is 13.9. The Kier molecular flexibility index (Phi) is 6.13. The van der Waals surface area contributed by atoms with Gasteiger partial charge in [-0.3, -0.25) is 9.59 Å². The van der Waals surface area contributed by atoms with E-state index in [1.54, 1.807) is 6.92 Å². The number of nitrogens with zero attached hydrogens (tertiary/aromatic N) is 3. The van der Waals surface area contributed by atoms with Gasteiger partial charge in [-0.2, -0.15) is 5.10 Å². The number of ketones is 1. The molecule has 0 spiro atoms. The van der Waals surface area contributed by atoms with Crippen LogP contribution in [0.5, 0.6) is 0 Å². The quantitative estimate of drug-likeness (QED) is 0.271. The summed E-state index contributed by atoms with van der Waals surface area (Å²) >= 11 is 0. The molecule has 4 aromatic rings. The molecule has 0 saturated carbocycles. The second-order valence-corrected chi connectivity index (χ2v) is 11.6. The van der Waals surface area contributed by atoms with E-state index >= 15 is 0 Å². The average Bonchev–Trinajstić information content (AvgIpc) is 3.34. The number of para-hydroxylation sites is 1. The van der Waals surface area contributed by atoms with E-state index in [4.69, 9.17) is 5.10 Å². The summed E-state index contributed by atoms with van der Waals surface area (Å²) in [4.78, 5) is 27.9. The van der Waals surface area contributed by atoms with Crippen LogP contribution in [0.25, 0.3) is 16.9 Å². The fourth-order valence-electron chi connectivity index (χ4n) is 5.50. The smallest absolute Gasteiger partial charge is 0.279 e. The molecule has 1 aliphatic heterocycles. The minimum absolute atomic E-state index is 0.0296. The van der Waals surface area contributed by atoms with Crippen molar-refractivity contribution in [3.63, 3.8) is 0 Å². The van der Waals surface area contributed by atoms with Crippen LogP contribution in [-0.2, 0) is 12.0 Å². The van der Waals surface area contributed by atoms with E-state index in [0.717, 1.165) is 50.4 Å². The third kappa shape index (κ3) is 4.16. The first-order chi connectivity index (χ1) is 17.9. The van der Waals surface area contributed by atoms with Crippen molar-refractivity contribution in [2.75, 3.05) is 4.90 Å². The Morgan fingerprint density at radius 1 is 0.868 bits per heavy atom. The summed E-state index contributed by atoms with van der Waals surface area (Å²) in [5, 5.41) is 4.96. The van der Waals surface area contributed by atoms with Crippen molar-refractivity contribution < 1.29 is 9.59 Å². The number of carbonyl (C=O) groups excluding carboxylic acids is 2. The number of carbonyl (C=O) groups is 2. The van der Waals surface area contributed by atoms with Crippen LogP contribution in [0.1, 0.15) is 81.9 Å². The molecule has 194 valence electrons. The Bertz CT molecular complexity index is 1600. The largest absolute Gasteiger partial charge is 0.302 e. The van der Waals surface area contributed by atoms with Crippen molar-refractivity contribution in [3.05, 3.63) is 99.2 Å². The number of aromatic nitrogens is 2. The van der Waals surface area contributed by atoms with E-state index in [9.17, 15) is 9.59 Å². The predicted octanol–water partition coefficient (Wildman–Crippen LogP) is 7.43. The van der Waals surface area contributed by atoms with Crippen molar-refractivity contribution >= 4 is 17.4 Å². The second kappa shape index (κ2) is 9.09. The van der Waals surface area contributed by atoms with Crippen molar-refractivity contribution in [2.45, 2.75) is 67.3 Å². The van der Waals surface area contributed by atoms with Crippen LogP contribution in [0.15, 0.2) is 54.6 Å². The molecule has 0 N–H and O–H groups in total. The topological polar surface area (TPSA) is 55.2 Å². The molecule has 1 aliphatic rings. The van der Waals surface area contributed by atoms with Crippen LogP contribution >= 0.6 is 0 Å². The number of fused-ring (bicyclic) bond motifs is 1. The molecule has 5 heteroatoms. The third-order valence-corrected chi connectivity index (χ3v) is 7.64. The zero-order valence-electron chi connectivity index (χ0n) is 23.6. The van der Waals surface area contributed by atoms with Gasteiger partial charge in [0.15, 0.2) is 11.5 Å². The molecule has 2 heterocycles. The van der Waals surface area contributed by atoms with E-state index in [1.165, 1.54) is 5.56 Å². The van der Waals surface area contributed by atoms with Crippen molar-refractivity contribution in [1.29, 1.82) is 0 Å². The summed E-state index contributed by atoms with van der Waals surface area (Å²) in [6.07, 6.45) is 0. The van der Waals surface area contributed by atoms with E-state index < -0.39 is 0 Å². The molecule has 0 unspecified atom stereocenters. The Morgan fingerprint density at radius 2 is 1.55 bits per heavy atom. The van der Waals surface area contributed by atoms with E-state index in [2.05, 4.69) is 65.0 Å². The molecule has 0 aliphatic carbocycles. The molecule has 5 rings (SSSR count). The fraction of sp³-hybridized carbons (Fsp3) is 0.303. The number of amides is 1. The monoisotopic (exact) mass is 505 g/mol. The van der Waals surface area contributed by atoms with Gasteiger partial charge in [0, 0.05) is 22.4 Å². The van der Waals surface area contributed by atoms with Gasteiger partial charge < -0.3 is 4.90 Å². The lowest BCUT2D eigenvalue weighted by Gasteiger charge is -2.25. The lowest BCUT2D eigenvalue weighted by Crippen LogP contribution is -2.26. The first-order valence-corrected chi connectivity index (χ1v) is 13.1. The fourth-order valence-corrected chi connectivity index (χ4v) is 5.50. The number of hydrogen-bond acceptors (Lipinski definition) is 3. The van der Waals surface area contributed by atoms with Gasteiger partial charge in [-0.1, -0.05) is 63.2 Å². The molecular weight excluding hydrogens is 470 g/mol. The lowest BCUT2D eigenvalue weighted by molar-refractivity contribution is 0.0988. The highest BCUT2D eigenvalue weighted by atomic mass is 16.2. The SMILES string of the molecule is CC(=O)c1ccc(-c2c3c(nn2-c2c(C)cccc2C)C(=O)N(c2cc(C(C)(C)C)ccc2C)C3)cc1C. The number of aryl methyl sites for hydroxylation is 4. The van der Waals surface area contributed by atoms with Crippen LogP contribution < -0.4 is 4.90 Å². The molecule has 3 aromatic carbocycles. The highest BCUT2D eigenvalue weighted by Crippen LogP contribution is 2.40. The summed E-state index contributed by atoms with van der Waals surface area (Å²) in [5.74, 6) is -0.0458. The van der Waals surface area contributed by atoms with E-state index in [1.807, 2.05) is 47.7 Å². The Hall–Kier alpha value is -3.99. The van der Waals surface area contributed by atoms with Crippen LogP contribution in [0.4, 0.5) is 5.69 Å². The molecule has 0 radical (unpaired) electrons. The van der Waals surface area contributed by atoms with E-state index in [0.29, 0.717) is 17.8 Å². The van der Waals surface area contributed by atoms with Gasteiger partial charge in [0.2, 0.25) is 0 Å². The van der Waals surface area contributed by atoms with E-state index in [-0.39, 0.29) is 17.1 Å². The van der Waals surface area contributed by atoms with Crippen molar-refractivity contribution in [3.8, 4) is 16.9 Å². The Labute approximate surface area is 225 Å². The molecular formula is C33H35N3O2. The number of rotatable bonds is 4. The number of anilines is 1. The zero-order valence-corrected chi connectivity index (χ0v) is 23.6. The lowest BCUT2D eigenvalue weighted by atomic mass is 9.86. The summed E-state index contributed by atoms with van der Waals surface area (Å²) in [6, 6.07) is 18.5. The zero-order chi connectivity index (χ0) is 27.5. The van der Waals surface area contributed by atoms with Crippen molar-refractivity contribution in [1.82, 2.24) is 9.78 Å². The van der Waals surface area contributed by atoms with Gasteiger partial charge in [-0.25, -0.2) is 4.68 Å². The Balaban J connectivity index is 1.72. The summed E-state index contributed by atoms with van der Waals surface area (Å²) < 4.78 is 1.94. The second-order valence-electron chi connectivity index (χ2n) is 11.6. The van der Waals surface area contributed by atoms with Crippen LogP contribution in [0.2, 0.25) is 0 Å². The molecule has 5 nitrogen and oxygen atoms in total. The summed E-state index contributed by atoms with van der Waals surface area (Å²) in [7, 11) is 0. The normalized spacial score (nSPS) is 13.3. The molecule has 0 fully saturated rings. The van der Waals surface area contributed by atoms with Crippen LogP contribution in [0, 0.1) is 27.7 Å². The maximum atomic E-state index is 13.9. The van der Waals surface area contributed by atoms with Gasteiger partial charge in [0.1, 0.15) is 0 Å². The number of hydrogen-bond donors (Lipinski definition) is 0. The molecule has 38 heavy (non-hydrogen) atoms. The molecule has 0 saturated heterocycles. The molecule has 1 aromatic heterocycles. The molecule has 0 atom stereocenters. The van der Waals surface area contributed by atoms with Gasteiger partial charge in [0.05, 0.1) is 17.9 Å². The van der Waals surface area contributed by atoms with Crippen LogP contribution in [-0.4, -0.2) is 21.5 Å². The summed E-state index contributed by atoms with van der Waals surface area (Å²) in [6.45, 7) is 16.7. The number of Topliss-reactive ketones (excluding diaryl/α,β-unsaturated/α-hetero) is 1. The predicted molar refractivity (Wildman–Crippen MR) is 154 cm³/mol. The minimum Gasteiger partial charge on any atom is -0.302 e. The molecule has 0 bridgehead atoms. The van der Waals surface area contributed by atoms with Gasteiger partial charge in [0.25, 0.3) is 5.91 Å². The minimum atomic E-state index is -0.0857. The first-order valence-electron chi connectivity index (χ1n) is 13.1. The van der Waals surface area contributed by atoms with Gasteiger partial charge in [-0.05, 0) is 80.0 Å². The number of benzene rings is 3. The standard InChI is InChI=1S/C33H35N3O2/c1-19-12-14-25(33(6,7)8)17-28(19)35-18-27-29(32(35)38)34-36(30-20(2)10-9-11-21(30)3)31(27)24-13-15-26(23(5)37)22(4)16-24/h9-17H,18H2,1-8H3.